The summed E-state index contributed by atoms with van der Waals surface area (Å²) >= 11 is 0. The Morgan fingerprint density at radius 1 is 1.19 bits per heavy atom. The number of halogens is 5. The summed E-state index contributed by atoms with van der Waals surface area (Å²) in [7, 11) is 0. The van der Waals surface area contributed by atoms with Gasteiger partial charge in [0.1, 0.15) is 0 Å². The molecule has 3 nitrogen and oxygen atoms in total. The average molecular weight is 304 g/mol. The number of carbonyl (C=O) groups excluding carboxylic acids is 1. The Morgan fingerprint density at radius 2 is 1.86 bits per heavy atom. The number of benzene rings is 1. The molecule has 0 fully saturated rings. The van der Waals surface area contributed by atoms with Crippen LogP contribution < -0.4 is 5.73 Å². The van der Waals surface area contributed by atoms with Crippen LogP contribution in [0.15, 0.2) is 28.8 Å². The van der Waals surface area contributed by atoms with E-state index in [0.717, 1.165) is 6.07 Å². The molecule has 1 heterocycles. The van der Waals surface area contributed by atoms with Crippen molar-refractivity contribution in [2.24, 2.45) is 10.7 Å². The lowest BCUT2D eigenvalue weighted by molar-refractivity contribution is -0.289. The Hall–Kier alpha value is -2.25. The van der Waals surface area contributed by atoms with Crippen molar-refractivity contribution in [3.63, 3.8) is 0 Å². The first-order chi connectivity index (χ1) is 9.63. The first kappa shape index (κ1) is 15.1. The highest BCUT2D eigenvalue weighted by Gasteiger charge is 2.58. The molecule has 1 aliphatic heterocycles. The number of hydrogen-bond acceptors (Lipinski definition) is 2. The summed E-state index contributed by atoms with van der Waals surface area (Å²) in [5.74, 6) is -5.68. The zero-order valence-electron chi connectivity index (χ0n) is 10.4. The third kappa shape index (κ3) is 2.79. The number of primary amides is 1. The van der Waals surface area contributed by atoms with E-state index in [4.69, 9.17) is 5.73 Å². The normalized spacial score (nSPS) is 15.2. The molecule has 112 valence electrons. The van der Waals surface area contributed by atoms with Crippen molar-refractivity contribution in [1.82, 2.24) is 0 Å². The Labute approximate surface area is 116 Å². The molecule has 2 N–H and O–H groups in total. The van der Waals surface area contributed by atoms with Crippen LogP contribution in [-0.4, -0.2) is 18.3 Å². The van der Waals surface area contributed by atoms with Gasteiger partial charge in [0.2, 0.25) is 5.91 Å². The summed E-state index contributed by atoms with van der Waals surface area (Å²) in [4.78, 5) is 14.9. The fourth-order valence-corrected chi connectivity index (χ4v) is 1.80. The topological polar surface area (TPSA) is 55.5 Å². The molecule has 1 amide bonds. The van der Waals surface area contributed by atoms with Crippen LogP contribution in [0.5, 0.6) is 0 Å². The van der Waals surface area contributed by atoms with Crippen LogP contribution in [0.3, 0.4) is 0 Å². The minimum atomic E-state index is -5.69. The molecule has 0 radical (unpaired) electrons. The van der Waals surface area contributed by atoms with Crippen LogP contribution in [0.4, 0.5) is 27.6 Å². The van der Waals surface area contributed by atoms with Gasteiger partial charge in [0.25, 0.3) is 0 Å². The summed E-state index contributed by atoms with van der Waals surface area (Å²) in [5.41, 5.74) is 4.27. The molecule has 0 saturated carbocycles. The second-order valence-electron chi connectivity index (χ2n) is 4.40. The van der Waals surface area contributed by atoms with Gasteiger partial charge in [-0.25, -0.2) is 0 Å². The van der Waals surface area contributed by atoms with Crippen LogP contribution in [0.25, 0.3) is 6.08 Å². The lowest BCUT2D eigenvalue weighted by Gasteiger charge is -2.20. The van der Waals surface area contributed by atoms with Gasteiger partial charge in [0, 0.05) is 29.3 Å². The molecule has 1 aromatic carbocycles. The van der Waals surface area contributed by atoms with Gasteiger partial charge in [0.15, 0.2) is 0 Å². The molecule has 8 heteroatoms. The molecule has 0 spiro atoms. The second-order valence-corrected chi connectivity index (χ2v) is 4.40. The summed E-state index contributed by atoms with van der Waals surface area (Å²) in [6.45, 7) is 0. The smallest absolute Gasteiger partial charge is 0.366 e. The minimum absolute atomic E-state index is 0.0762. The lowest BCUT2D eigenvalue weighted by atomic mass is 10.0. The first-order valence-electron chi connectivity index (χ1n) is 5.75. The van der Waals surface area contributed by atoms with Gasteiger partial charge in [-0.05, 0) is 12.1 Å². The fraction of sp³-hybridized carbons (Fsp3) is 0.231. The molecule has 0 atom stereocenters. The largest absolute Gasteiger partial charge is 0.458 e. The number of nitrogens with two attached hydrogens (primary N) is 1. The monoisotopic (exact) mass is 304 g/mol. The van der Waals surface area contributed by atoms with Gasteiger partial charge in [-0.2, -0.15) is 22.0 Å². The molecule has 1 aromatic rings. The number of amides is 1. The van der Waals surface area contributed by atoms with Crippen LogP contribution in [-0.2, 0) is 10.7 Å². The Balaban J connectivity index is 2.51. The predicted molar refractivity (Wildman–Crippen MR) is 66.3 cm³/mol. The third-order valence-electron chi connectivity index (χ3n) is 2.94. The second kappa shape index (κ2) is 4.94. The van der Waals surface area contributed by atoms with Gasteiger partial charge in [-0.1, -0.05) is 12.1 Å². The van der Waals surface area contributed by atoms with E-state index in [1.807, 2.05) is 0 Å². The van der Waals surface area contributed by atoms with Gasteiger partial charge < -0.3 is 5.73 Å². The lowest BCUT2D eigenvalue weighted by Crippen LogP contribution is -2.33. The molecule has 0 unspecified atom stereocenters. The molecule has 2 rings (SSSR count). The van der Waals surface area contributed by atoms with Gasteiger partial charge in [-0.15, -0.1) is 0 Å². The highest BCUT2D eigenvalue weighted by Crippen LogP contribution is 2.45. The maximum Gasteiger partial charge on any atom is 0.458 e. The predicted octanol–water partition coefficient (Wildman–Crippen LogP) is 3.32. The Kier molecular flexibility index (Phi) is 3.56. The summed E-state index contributed by atoms with van der Waals surface area (Å²) in [5, 5.41) is 0. The molecule has 21 heavy (non-hydrogen) atoms. The Bertz CT molecular complexity index is 646. The highest BCUT2D eigenvalue weighted by molar-refractivity contribution is 6.01. The van der Waals surface area contributed by atoms with Gasteiger partial charge >= 0.3 is 12.1 Å². The molecular weight excluding hydrogens is 295 g/mol. The SMILES string of the molecule is NC(=O)C1=Cc2ccc(C(F)(F)C(F)(F)F)cc2N=CC1. The van der Waals surface area contributed by atoms with Crippen molar-refractivity contribution in [1.29, 1.82) is 0 Å². The van der Waals surface area contributed by atoms with E-state index in [9.17, 15) is 26.7 Å². The van der Waals surface area contributed by atoms with Crippen LogP contribution in [0, 0.1) is 0 Å². The molecule has 0 saturated heterocycles. The third-order valence-corrected chi connectivity index (χ3v) is 2.94. The number of rotatable bonds is 2. The first-order valence-corrected chi connectivity index (χ1v) is 5.75. The Morgan fingerprint density at radius 3 is 2.43 bits per heavy atom. The number of fused-ring (bicyclic) bond motifs is 1. The van der Waals surface area contributed by atoms with E-state index in [1.54, 1.807) is 0 Å². The van der Waals surface area contributed by atoms with Crippen LogP contribution >= 0.6 is 0 Å². The van der Waals surface area contributed by atoms with E-state index >= 15 is 0 Å². The zero-order valence-corrected chi connectivity index (χ0v) is 10.4. The molecule has 0 aromatic heterocycles. The van der Waals surface area contributed by atoms with Gasteiger partial charge in [0.05, 0.1) is 5.69 Å². The van der Waals surface area contributed by atoms with E-state index in [0.29, 0.717) is 12.1 Å². The van der Waals surface area contributed by atoms with Crippen molar-refractivity contribution >= 4 is 23.9 Å². The summed E-state index contributed by atoms with van der Waals surface area (Å²) in [6, 6.07) is 2.36. The number of alkyl halides is 5. The average Bonchev–Trinajstić information content (AvgIpc) is 2.58. The standard InChI is InChI=1S/C13H9F5N2O/c14-12(15,13(16,17)18)9-2-1-7-5-8(11(19)21)3-4-20-10(7)6-9/h1-2,4-6H,3H2,(H2,19,21). The van der Waals surface area contributed by atoms with Crippen molar-refractivity contribution < 1.29 is 26.7 Å². The van der Waals surface area contributed by atoms with Crippen LogP contribution in [0.1, 0.15) is 17.5 Å². The van der Waals surface area contributed by atoms with Gasteiger partial charge in [-0.3, -0.25) is 9.79 Å². The molecular formula is C13H9F5N2O. The van der Waals surface area contributed by atoms with E-state index < -0.39 is 23.6 Å². The van der Waals surface area contributed by atoms with Crippen molar-refractivity contribution in [3.8, 4) is 0 Å². The maximum atomic E-state index is 13.3. The number of nitrogens with zero attached hydrogens (tertiary/aromatic N) is 1. The number of aliphatic imine (C=N–C) groups is 1. The minimum Gasteiger partial charge on any atom is -0.366 e. The quantitative estimate of drug-likeness (QED) is 0.837. The van der Waals surface area contributed by atoms with Crippen molar-refractivity contribution in [2.75, 3.05) is 0 Å². The van der Waals surface area contributed by atoms with E-state index in [1.165, 1.54) is 12.3 Å². The fourth-order valence-electron chi connectivity index (χ4n) is 1.80. The highest BCUT2D eigenvalue weighted by atomic mass is 19.4. The summed E-state index contributed by atoms with van der Waals surface area (Å²) in [6.07, 6.45) is -3.06. The van der Waals surface area contributed by atoms with E-state index in [-0.39, 0.29) is 23.2 Å². The molecule has 0 bridgehead atoms. The van der Waals surface area contributed by atoms with Crippen molar-refractivity contribution in [2.45, 2.75) is 18.5 Å². The van der Waals surface area contributed by atoms with Crippen LogP contribution in [0.2, 0.25) is 0 Å². The zero-order chi connectivity index (χ0) is 15.8. The number of hydrogen-bond donors (Lipinski definition) is 1. The van der Waals surface area contributed by atoms with Crippen molar-refractivity contribution in [3.05, 3.63) is 34.9 Å². The number of carbonyl (C=O) groups is 1. The van der Waals surface area contributed by atoms with E-state index in [2.05, 4.69) is 4.99 Å². The summed E-state index contributed by atoms with van der Waals surface area (Å²) < 4.78 is 63.6. The maximum absolute atomic E-state index is 13.3. The molecule has 0 aliphatic carbocycles. The molecule has 1 aliphatic rings.